The van der Waals surface area contributed by atoms with Crippen molar-refractivity contribution in [2.75, 3.05) is 23.8 Å². The van der Waals surface area contributed by atoms with Gasteiger partial charge >= 0.3 is 0 Å². The van der Waals surface area contributed by atoms with Crippen LogP contribution in [-0.2, 0) is 4.79 Å². The number of benzene rings is 2. The Hall–Kier alpha value is -4.10. The lowest BCUT2D eigenvalue weighted by atomic mass is 10.2. The molecule has 0 aliphatic heterocycles. The van der Waals surface area contributed by atoms with Crippen molar-refractivity contribution in [2.45, 2.75) is 18.5 Å². The number of carbonyl (C=O) groups is 1. The summed E-state index contributed by atoms with van der Waals surface area (Å²) in [5.74, 6) is 1.07. The number of amides is 1. The van der Waals surface area contributed by atoms with Crippen LogP contribution >= 0.6 is 11.8 Å². The van der Waals surface area contributed by atoms with Gasteiger partial charge in [-0.15, -0.1) is 0 Å². The van der Waals surface area contributed by atoms with Crippen LogP contribution in [0.25, 0.3) is 17.0 Å². The first-order chi connectivity index (χ1) is 16.6. The minimum absolute atomic E-state index is 0.0648. The summed E-state index contributed by atoms with van der Waals surface area (Å²) >= 11 is 1.19. The normalized spacial score (nSPS) is 10.7. The minimum atomic E-state index is -0.314. The third-order valence-corrected chi connectivity index (χ3v) is 5.81. The van der Waals surface area contributed by atoms with Crippen LogP contribution in [0, 0.1) is 11.3 Å². The number of para-hydroxylation sites is 1. The summed E-state index contributed by atoms with van der Waals surface area (Å²) < 4.78 is 6.96. The smallest absolute Gasteiger partial charge is 0.266 e. The molecule has 0 aliphatic carbocycles. The van der Waals surface area contributed by atoms with Gasteiger partial charge in [0.1, 0.15) is 5.75 Å². The number of H-pyrrole nitrogens is 1. The molecule has 0 fully saturated rings. The van der Waals surface area contributed by atoms with Crippen LogP contribution in [0.2, 0.25) is 0 Å². The molecule has 0 spiro atoms. The average Bonchev–Trinajstić information content (AvgIpc) is 3.24. The van der Waals surface area contributed by atoms with E-state index in [1.54, 1.807) is 4.90 Å². The van der Waals surface area contributed by atoms with Crippen LogP contribution in [0.5, 0.6) is 5.75 Å². The Morgan fingerprint density at radius 3 is 2.65 bits per heavy atom. The highest BCUT2D eigenvalue weighted by molar-refractivity contribution is 7.99. The number of nitrogens with one attached hydrogen (secondary N) is 1. The van der Waals surface area contributed by atoms with Gasteiger partial charge in [-0.2, -0.15) is 5.26 Å². The first-order valence-corrected chi connectivity index (χ1v) is 11.7. The minimum Gasteiger partial charge on any atom is -0.494 e. The van der Waals surface area contributed by atoms with E-state index >= 15 is 0 Å². The highest BCUT2D eigenvalue weighted by atomic mass is 32.2. The fraction of sp³-hybridized carbons (Fsp3) is 0.208. The van der Waals surface area contributed by atoms with Gasteiger partial charge in [0.2, 0.25) is 5.91 Å². The Bertz CT molecular complexity index is 1380. The van der Waals surface area contributed by atoms with E-state index in [1.165, 1.54) is 22.3 Å². The maximum atomic E-state index is 13.1. The zero-order valence-electron chi connectivity index (χ0n) is 18.5. The second-order valence-corrected chi connectivity index (χ2v) is 8.12. The van der Waals surface area contributed by atoms with Crippen molar-refractivity contribution < 1.29 is 9.53 Å². The number of fused-ring (bicyclic) bond motifs is 1. The van der Waals surface area contributed by atoms with E-state index < -0.39 is 0 Å². The quantitative estimate of drug-likeness (QED) is 0.369. The van der Waals surface area contributed by atoms with E-state index in [9.17, 15) is 9.59 Å². The number of aromatic nitrogens is 4. The van der Waals surface area contributed by atoms with Crippen molar-refractivity contribution in [3.05, 3.63) is 71.0 Å². The molecule has 1 amide bonds. The van der Waals surface area contributed by atoms with E-state index in [0.717, 1.165) is 17.0 Å². The van der Waals surface area contributed by atoms with Crippen molar-refractivity contribution in [3.63, 3.8) is 0 Å². The molecule has 34 heavy (non-hydrogen) atoms. The summed E-state index contributed by atoms with van der Waals surface area (Å²) in [5, 5.41) is 12.1. The maximum Gasteiger partial charge on any atom is 0.266 e. The number of hydrogen-bond donors (Lipinski definition) is 1. The topological polar surface area (TPSA) is 116 Å². The van der Waals surface area contributed by atoms with Crippen LogP contribution in [-0.4, -0.2) is 44.4 Å². The SMILES string of the molecule is CCOc1ccc(-c2nc(SCC(=O)N(CCC#N)c3ccccc3)n3[nH]c(=O)cc3n2)cc1. The number of anilines is 1. The number of rotatable bonds is 9. The number of carbonyl (C=O) groups excluding carboxylic acids is 1. The summed E-state index contributed by atoms with van der Waals surface area (Å²) in [6, 6.07) is 20.0. The van der Waals surface area contributed by atoms with Gasteiger partial charge in [0.05, 0.1) is 24.8 Å². The van der Waals surface area contributed by atoms with E-state index in [-0.39, 0.29) is 30.2 Å². The van der Waals surface area contributed by atoms with E-state index in [2.05, 4.69) is 21.1 Å². The molecular weight excluding hydrogens is 452 g/mol. The van der Waals surface area contributed by atoms with Crippen LogP contribution in [0.4, 0.5) is 5.69 Å². The van der Waals surface area contributed by atoms with Crippen molar-refractivity contribution in [3.8, 4) is 23.2 Å². The monoisotopic (exact) mass is 474 g/mol. The molecule has 0 saturated heterocycles. The molecule has 2 aromatic heterocycles. The Labute approximate surface area is 200 Å². The lowest BCUT2D eigenvalue weighted by Gasteiger charge is -2.21. The van der Waals surface area contributed by atoms with Crippen molar-refractivity contribution in [1.82, 2.24) is 19.6 Å². The van der Waals surface area contributed by atoms with Gasteiger partial charge in [-0.1, -0.05) is 30.0 Å². The van der Waals surface area contributed by atoms with E-state index in [0.29, 0.717) is 23.2 Å². The zero-order valence-corrected chi connectivity index (χ0v) is 19.3. The van der Waals surface area contributed by atoms with Crippen molar-refractivity contribution in [1.29, 1.82) is 5.26 Å². The molecule has 4 rings (SSSR count). The van der Waals surface area contributed by atoms with Crippen LogP contribution in [0.1, 0.15) is 13.3 Å². The molecule has 0 radical (unpaired) electrons. The molecule has 0 saturated carbocycles. The van der Waals surface area contributed by atoms with Gasteiger partial charge in [-0.25, -0.2) is 14.5 Å². The van der Waals surface area contributed by atoms with Gasteiger partial charge in [-0.05, 0) is 43.3 Å². The van der Waals surface area contributed by atoms with Gasteiger partial charge in [0.15, 0.2) is 16.6 Å². The van der Waals surface area contributed by atoms with Crippen molar-refractivity contribution in [2.24, 2.45) is 0 Å². The van der Waals surface area contributed by atoms with Crippen molar-refractivity contribution >= 4 is 29.0 Å². The van der Waals surface area contributed by atoms with Crippen LogP contribution in [0.3, 0.4) is 0 Å². The number of nitriles is 1. The summed E-state index contributed by atoms with van der Waals surface area (Å²) in [7, 11) is 0. The molecule has 1 N–H and O–H groups in total. The Morgan fingerprint density at radius 2 is 1.94 bits per heavy atom. The molecule has 4 aromatic rings. The Balaban J connectivity index is 1.61. The molecule has 10 heteroatoms. The molecule has 2 heterocycles. The maximum absolute atomic E-state index is 13.1. The van der Waals surface area contributed by atoms with Gasteiger partial charge < -0.3 is 9.64 Å². The number of ether oxygens (including phenoxy) is 1. The first-order valence-electron chi connectivity index (χ1n) is 10.7. The number of nitrogens with zero attached hydrogens (tertiary/aromatic N) is 5. The molecule has 172 valence electrons. The predicted molar refractivity (Wildman–Crippen MR) is 130 cm³/mol. The lowest BCUT2D eigenvalue weighted by molar-refractivity contribution is -0.116. The number of aromatic amines is 1. The fourth-order valence-corrected chi connectivity index (χ4v) is 4.18. The van der Waals surface area contributed by atoms with Gasteiger partial charge in [0.25, 0.3) is 5.56 Å². The summed E-state index contributed by atoms with van der Waals surface area (Å²) in [4.78, 5) is 35.7. The second-order valence-electron chi connectivity index (χ2n) is 7.18. The summed E-state index contributed by atoms with van der Waals surface area (Å²) in [5.41, 5.74) is 1.57. The van der Waals surface area contributed by atoms with Crippen LogP contribution in [0.15, 0.2) is 70.6 Å². The summed E-state index contributed by atoms with van der Waals surface area (Å²) in [6.45, 7) is 2.77. The molecule has 0 bridgehead atoms. The van der Waals surface area contributed by atoms with Crippen LogP contribution < -0.4 is 15.2 Å². The standard InChI is InChI=1S/C24H22N6O3S/c1-2-33-19-11-9-17(10-12-19)23-26-20-15-21(31)28-30(20)24(27-23)34-16-22(32)29(14-6-13-25)18-7-4-3-5-8-18/h3-5,7-12,15H,2,6,14,16H2,1H3,(H,28,31). The summed E-state index contributed by atoms with van der Waals surface area (Å²) in [6.07, 6.45) is 0.218. The molecule has 0 aliphatic rings. The Morgan fingerprint density at radius 1 is 1.18 bits per heavy atom. The number of thioether (sulfide) groups is 1. The average molecular weight is 475 g/mol. The molecular formula is C24H22N6O3S. The predicted octanol–water partition coefficient (Wildman–Crippen LogP) is 3.52. The number of hydrogen-bond acceptors (Lipinski definition) is 7. The third-order valence-electron chi connectivity index (χ3n) is 4.89. The lowest BCUT2D eigenvalue weighted by Crippen LogP contribution is -2.33. The van der Waals surface area contributed by atoms with Gasteiger partial charge in [0, 0.05) is 23.9 Å². The Kier molecular flexibility index (Phi) is 7.25. The molecule has 2 aromatic carbocycles. The highest BCUT2D eigenvalue weighted by Crippen LogP contribution is 2.24. The molecule has 0 unspecified atom stereocenters. The highest BCUT2D eigenvalue weighted by Gasteiger charge is 2.18. The third kappa shape index (κ3) is 5.27. The zero-order chi connectivity index (χ0) is 23.9. The first kappa shape index (κ1) is 23.1. The largest absolute Gasteiger partial charge is 0.494 e. The fourth-order valence-electron chi connectivity index (χ4n) is 3.35. The van der Waals surface area contributed by atoms with E-state index in [1.807, 2.05) is 61.5 Å². The second kappa shape index (κ2) is 10.7. The van der Waals surface area contributed by atoms with Gasteiger partial charge in [-0.3, -0.25) is 14.7 Å². The molecule has 0 atom stereocenters. The molecule has 9 nitrogen and oxygen atoms in total. The van der Waals surface area contributed by atoms with E-state index in [4.69, 9.17) is 10.00 Å².